The number of rotatable bonds is 10. The normalized spacial score (nSPS) is 10.4. The van der Waals surface area contributed by atoms with Crippen LogP contribution >= 0.6 is 0 Å². The molecule has 0 heterocycles. The van der Waals surface area contributed by atoms with E-state index in [2.05, 4.69) is 43.1 Å². The molecule has 4 heteroatoms. The number of hydrogen-bond acceptors (Lipinski definition) is 3. The second-order valence-electron chi connectivity index (χ2n) is 6.22. The summed E-state index contributed by atoms with van der Waals surface area (Å²) in [7, 11) is 0. The van der Waals surface area contributed by atoms with Gasteiger partial charge in [-0.1, -0.05) is 19.1 Å². The molecule has 0 saturated heterocycles. The van der Waals surface area contributed by atoms with Crippen molar-refractivity contribution < 1.29 is 9.53 Å². The fourth-order valence-electron chi connectivity index (χ4n) is 2.81. The molecule has 2 aromatic carbocycles. The van der Waals surface area contributed by atoms with Gasteiger partial charge in [-0.05, 0) is 68.7 Å². The highest BCUT2D eigenvalue weighted by molar-refractivity contribution is 5.90. The van der Waals surface area contributed by atoms with Crippen LogP contribution in [0.15, 0.2) is 48.5 Å². The zero-order chi connectivity index (χ0) is 18.8. The minimum absolute atomic E-state index is 0.0190. The summed E-state index contributed by atoms with van der Waals surface area (Å²) < 4.78 is 5.69. The third-order valence-corrected chi connectivity index (χ3v) is 4.43. The molecular formula is C22H30N2O2. The summed E-state index contributed by atoms with van der Waals surface area (Å²) in [5.74, 6) is 0.875. The molecule has 0 spiro atoms. The van der Waals surface area contributed by atoms with E-state index in [0.717, 1.165) is 30.9 Å². The average Bonchev–Trinajstić information content (AvgIpc) is 2.68. The van der Waals surface area contributed by atoms with E-state index in [0.29, 0.717) is 19.4 Å². The second kappa shape index (κ2) is 10.5. The molecule has 1 N–H and O–H groups in total. The van der Waals surface area contributed by atoms with Gasteiger partial charge in [-0.25, -0.2) is 0 Å². The number of ether oxygens (including phenoxy) is 1. The maximum Gasteiger partial charge on any atom is 0.224 e. The van der Waals surface area contributed by atoms with Crippen LogP contribution in [0.5, 0.6) is 5.75 Å². The van der Waals surface area contributed by atoms with Gasteiger partial charge in [0.15, 0.2) is 0 Å². The smallest absolute Gasteiger partial charge is 0.224 e. The Bertz CT molecular complexity index is 662. The molecule has 0 atom stereocenters. The summed E-state index contributed by atoms with van der Waals surface area (Å²) in [6.45, 7) is 8.90. The van der Waals surface area contributed by atoms with Gasteiger partial charge in [0.1, 0.15) is 5.75 Å². The monoisotopic (exact) mass is 354 g/mol. The maximum atomic E-state index is 12.1. The largest absolute Gasteiger partial charge is 0.494 e. The Morgan fingerprint density at radius 1 is 0.962 bits per heavy atom. The van der Waals surface area contributed by atoms with Crippen molar-refractivity contribution in [3.05, 3.63) is 54.1 Å². The standard InChI is InChI=1S/C22H30N2O2/c1-4-18-9-15-21(16-10-18)26-17-7-8-22(25)23-19-11-13-20(14-12-19)24(5-2)6-3/h9-16H,4-8,17H2,1-3H3,(H,23,25). The zero-order valence-corrected chi connectivity index (χ0v) is 16.1. The Labute approximate surface area is 157 Å². The summed E-state index contributed by atoms with van der Waals surface area (Å²) in [5.41, 5.74) is 3.31. The topological polar surface area (TPSA) is 41.6 Å². The predicted molar refractivity (Wildman–Crippen MR) is 109 cm³/mol. The SMILES string of the molecule is CCc1ccc(OCCCC(=O)Nc2ccc(N(CC)CC)cc2)cc1. The van der Waals surface area contributed by atoms with Gasteiger partial charge in [-0.3, -0.25) is 4.79 Å². The van der Waals surface area contributed by atoms with Crippen LogP contribution in [0.3, 0.4) is 0 Å². The van der Waals surface area contributed by atoms with Crippen LogP contribution in [0.2, 0.25) is 0 Å². The number of nitrogens with one attached hydrogen (secondary N) is 1. The lowest BCUT2D eigenvalue weighted by Crippen LogP contribution is -2.21. The Hall–Kier alpha value is -2.49. The number of hydrogen-bond donors (Lipinski definition) is 1. The van der Waals surface area contributed by atoms with E-state index < -0.39 is 0 Å². The Balaban J connectivity index is 1.71. The van der Waals surface area contributed by atoms with Crippen molar-refractivity contribution in [2.75, 3.05) is 29.9 Å². The number of anilines is 2. The number of benzene rings is 2. The van der Waals surface area contributed by atoms with E-state index in [1.165, 1.54) is 11.3 Å². The Morgan fingerprint density at radius 2 is 1.62 bits per heavy atom. The summed E-state index contributed by atoms with van der Waals surface area (Å²) >= 11 is 0. The predicted octanol–water partition coefficient (Wildman–Crippen LogP) is 4.89. The lowest BCUT2D eigenvalue weighted by molar-refractivity contribution is -0.116. The van der Waals surface area contributed by atoms with Gasteiger partial charge < -0.3 is 15.0 Å². The number of amides is 1. The first-order chi connectivity index (χ1) is 12.7. The van der Waals surface area contributed by atoms with Gasteiger partial charge >= 0.3 is 0 Å². The molecule has 0 fully saturated rings. The number of aryl methyl sites for hydroxylation is 1. The summed E-state index contributed by atoms with van der Waals surface area (Å²) in [6.07, 6.45) is 2.17. The van der Waals surface area contributed by atoms with Crippen LogP contribution in [0.25, 0.3) is 0 Å². The average molecular weight is 354 g/mol. The zero-order valence-electron chi connectivity index (χ0n) is 16.1. The molecule has 0 saturated carbocycles. The lowest BCUT2D eigenvalue weighted by atomic mass is 10.2. The minimum atomic E-state index is 0.0190. The van der Waals surface area contributed by atoms with Crippen LogP contribution in [0.4, 0.5) is 11.4 Å². The third kappa shape index (κ3) is 6.10. The fourth-order valence-corrected chi connectivity index (χ4v) is 2.81. The minimum Gasteiger partial charge on any atom is -0.494 e. The van der Waals surface area contributed by atoms with Gasteiger partial charge in [-0.2, -0.15) is 0 Å². The van der Waals surface area contributed by atoms with Crippen molar-refractivity contribution in [3.63, 3.8) is 0 Å². The van der Waals surface area contributed by atoms with E-state index in [4.69, 9.17) is 4.74 Å². The van der Waals surface area contributed by atoms with Gasteiger partial charge in [-0.15, -0.1) is 0 Å². The Morgan fingerprint density at radius 3 is 2.19 bits per heavy atom. The Kier molecular flexibility index (Phi) is 8.00. The third-order valence-electron chi connectivity index (χ3n) is 4.43. The van der Waals surface area contributed by atoms with E-state index in [-0.39, 0.29) is 5.91 Å². The molecule has 0 aliphatic carbocycles. The fraction of sp³-hybridized carbons (Fsp3) is 0.409. The molecule has 0 aromatic heterocycles. The van der Waals surface area contributed by atoms with Crippen molar-refractivity contribution in [2.45, 2.75) is 40.0 Å². The van der Waals surface area contributed by atoms with E-state index >= 15 is 0 Å². The molecule has 140 valence electrons. The van der Waals surface area contributed by atoms with E-state index in [1.807, 2.05) is 36.4 Å². The molecule has 2 rings (SSSR count). The number of carbonyl (C=O) groups is 1. The highest BCUT2D eigenvalue weighted by Gasteiger charge is 2.05. The summed E-state index contributed by atoms with van der Waals surface area (Å²) in [5, 5.41) is 2.94. The molecule has 1 amide bonds. The van der Waals surface area contributed by atoms with Crippen molar-refractivity contribution >= 4 is 17.3 Å². The molecule has 26 heavy (non-hydrogen) atoms. The summed E-state index contributed by atoms with van der Waals surface area (Å²) in [4.78, 5) is 14.3. The summed E-state index contributed by atoms with van der Waals surface area (Å²) in [6, 6.07) is 16.1. The molecule has 2 aromatic rings. The first-order valence-corrected chi connectivity index (χ1v) is 9.52. The van der Waals surface area contributed by atoms with Crippen molar-refractivity contribution in [3.8, 4) is 5.75 Å². The van der Waals surface area contributed by atoms with Crippen molar-refractivity contribution in [2.24, 2.45) is 0 Å². The molecule has 0 aliphatic rings. The molecule has 4 nitrogen and oxygen atoms in total. The number of carbonyl (C=O) groups excluding carboxylic acids is 1. The highest BCUT2D eigenvalue weighted by Crippen LogP contribution is 2.18. The molecule has 0 aliphatic heterocycles. The maximum absolute atomic E-state index is 12.1. The molecule has 0 radical (unpaired) electrons. The van der Waals surface area contributed by atoms with Crippen LogP contribution in [0, 0.1) is 0 Å². The van der Waals surface area contributed by atoms with E-state index in [1.54, 1.807) is 0 Å². The van der Waals surface area contributed by atoms with Crippen LogP contribution in [-0.4, -0.2) is 25.6 Å². The second-order valence-corrected chi connectivity index (χ2v) is 6.22. The van der Waals surface area contributed by atoms with Gasteiger partial charge in [0.2, 0.25) is 5.91 Å². The lowest BCUT2D eigenvalue weighted by Gasteiger charge is -2.21. The van der Waals surface area contributed by atoms with Gasteiger partial charge in [0.25, 0.3) is 0 Å². The molecule has 0 bridgehead atoms. The van der Waals surface area contributed by atoms with Crippen LogP contribution in [0.1, 0.15) is 39.2 Å². The van der Waals surface area contributed by atoms with Gasteiger partial charge in [0.05, 0.1) is 6.61 Å². The van der Waals surface area contributed by atoms with Crippen LogP contribution in [-0.2, 0) is 11.2 Å². The van der Waals surface area contributed by atoms with Crippen molar-refractivity contribution in [1.82, 2.24) is 0 Å². The van der Waals surface area contributed by atoms with Crippen LogP contribution < -0.4 is 15.0 Å². The number of nitrogens with zero attached hydrogens (tertiary/aromatic N) is 1. The first kappa shape index (κ1) is 19.8. The van der Waals surface area contributed by atoms with E-state index in [9.17, 15) is 4.79 Å². The quantitative estimate of drug-likeness (QED) is 0.618. The first-order valence-electron chi connectivity index (χ1n) is 9.52. The van der Waals surface area contributed by atoms with Crippen molar-refractivity contribution in [1.29, 1.82) is 0 Å². The van der Waals surface area contributed by atoms with Gasteiger partial charge in [0, 0.05) is 30.9 Å². The molecule has 0 unspecified atom stereocenters. The highest BCUT2D eigenvalue weighted by atomic mass is 16.5. The molecular weight excluding hydrogens is 324 g/mol.